The zero-order valence-corrected chi connectivity index (χ0v) is 16.9. The Bertz CT molecular complexity index is 1240. The third-order valence-corrected chi connectivity index (χ3v) is 5.69. The maximum atomic E-state index is 13.2. The predicted octanol–water partition coefficient (Wildman–Crippen LogP) is 4.71. The number of alkyl halides is 3. The number of sulfone groups is 1. The van der Waals surface area contributed by atoms with Gasteiger partial charge in [0.25, 0.3) is 5.91 Å². The van der Waals surface area contributed by atoms with Crippen molar-refractivity contribution in [2.45, 2.75) is 24.1 Å². The summed E-state index contributed by atoms with van der Waals surface area (Å²) in [4.78, 5) is 13.0. The van der Waals surface area contributed by atoms with Crippen molar-refractivity contribution in [2.75, 3.05) is 6.26 Å². The lowest BCUT2D eigenvalue weighted by Gasteiger charge is -2.20. The zero-order valence-electron chi connectivity index (χ0n) is 16.1. The van der Waals surface area contributed by atoms with E-state index in [9.17, 15) is 26.4 Å². The van der Waals surface area contributed by atoms with E-state index in [0.717, 1.165) is 36.9 Å². The van der Waals surface area contributed by atoms with E-state index in [4.69, 9.17) is 4.74 Å². The molecule has 0 saturated carbocycles. The summed E-state index contributed by atoms with van der Waals surface area (Å²) >= 11 is 0. The molecule has 0 unspecified atom stereocenters. The van der Waals surface area contributed by atoms with Gasteiger partial charge in [-0.15, -0.1) is 0 Å². The van der Waals surface area contributed by atoms with Crippen LogP contribution >= 0.6 is 0 Å². The average molecular weight is 437 g/mol. The van der Waals surface area contributed by atoms with Crippen LogP contribution in [0.15, 0.2) is 60.1 Å². The number of nitrogens with zero attached hydrogens (tertiary/aromatic N) is 1. The van der Waals surface area contributed by atoms with Gasteiger partial charge in [0, 0.05) is 17.8 Å². The van der Waals surface area contributed by atoms with Crippen LogP contribution in [0, 0.1) is 0 Å². The molecule has 0 aliphatic heterocycles. The molecule has 2 aromatic carbocycles. The summed E-state index contributed by atoms with van der Waals surface area (Å²) in [5, 5.41) is 0.714. The van der Waals surface area contributed by atoms with Gasteiger partial charge in [0.1, 0.15) is 5.75 Å². The normalized spacial score (nSPS) is 13.2. The summed E-state index contributed by atoms with van der Waals surface area (Å²) in [7, 11) is -3.71. The van der Waals surface area contributed by atoms with Crippen molar-refractivity contribution in [3.05, 3.63) is 66.4 Å². The summed E-state index contributed by atoms with van der Waals surface area (Å²) in [6, 6.07) is 10.0. The number of rotatable bonds is 5. The minimum Gasteiger partial charge on any atom is -0.480 e. The average Bonchev–Trinajstić information content (AvgIpc) is 3.10. The smallest absolute Gasteiger partial charge is 0.425 e. The molecule has 0 radical (unpaired) electrons. The number of hydrogen-bond donors (Lipinski definition) is 0. The second-order valence-electron chi connectivity index (χ2n) is 6.71. The van der Waals surface area contributed by atoms with Gasteiger partial charge < -0.3 is 4.74 Å². The van der Waals surface area contributed by atoms with Crippen LogP contribution in [0.5, 0.6) is 5.75 Å². The van der Waals surface area contributed by atoms with Crippen molar-refractivity contribution in [2.24, 2.45) is 0 Å². The van der Waals surface area contributed by atoms with Gasteiger partial charge in [-0.3, -0.25) is 9.36 Å². The van der Waals surface area contributed by atoms with Crippen LogP contribution in [0.2, 0.25) is 0 Å². The topological polar surface area (TPSA) is 65.4 Å². The van der Waals surface area contributed by atoms with Crippen molar-refractivity contribution in [1.82, 2.24) is 4.57 Å². The number of ether oxygens (including phenoxy) is 1. The summed E-state index contributed by atoms with van der Waals surface area (Å²) in [6.45, 7) is 4.52. The van der Waals surface area contributed by atoms with Gasteiger partial charge in [-0.2, -0.15) is 13.2 Å². The van der Waals surface area contributed by atoms with E-state index in [1.165, 1.54) is 10.8 Å². The largest absolute Gasteiger partial charge is 0.480 e. The number of fused-ring (bicyclic) bond motifs is 1. The summed E-state index contributed by atoms with van der Waals surface area (Å²) in [5.41, 5.74) is 0.971. The van der Waals surface area contributed by atoms with Gasteiger partial charge in [-0.25, -0.2) is 8.42 Å². The van der Waals surface area contributed by atoms with Gasteiger partial charge in [-0.05, 0) is 42.8 Å². The van der Waals surface area contributed by atoms with E-state index in [-0.39, 0.29) is 16.2 Å². The molecule has 0 saturated heterocycles. The standard InChI is InChI=1S/C21H18F3NO4S/c1-4-14-6-5-7-18-16(14)10-11-25(18)20(26)17-12-15(30(3,27)28)8-9-19(17)29-13(2)21(22,23)24/h4-13H,1H2,2-3H3/t13-/m0/s1. The second-order valence-corrected chi connectivity index (χ2v) is 8.72. The Morgan fingerprint density at radius 3 is 2.50 bits per heavy atom. The molecule has 3 aromatic rings. The molecule has 0 fully saturated rings. The second kappa shape index (κ2) is 7.64. The van der Waals surface area contributed by atoms with Crippen LogP contribution in [0.4, 0.5) is 13.2 Å². The van der Waals surface area contributed by atoms with Gasteiger partial charge in [0.15, 0.2) is 15.9 Å². The Balaban J connectivity index is 2.17. The number of halogens is 3. The van der Waals surface area contributed by atoms with Crippen molar-refractivity contribution in [1.29, 1.82) is 0 Å². The molecule has 0 aliphatic carbocycles. The Morgan fingerprint density at radius 2 is 1.90 bits per heavy atom. The first kappa shape index (κ1) is 21.6. The van der Waals surface area contributed by atoms with Gasteiger partial charge in [0.05, 0.1) is 16.0 Å². The summed E-state index contributed by atoms with van der Waals surface area (Å²) < 4.78 is 69.0. The molecule has 9 heteroatoms. The van der Waals surface area contributed by atoms with Crippen molar-refractivity contribution in [3.63, 3.8) is 0 Å². The van der Waals surface area contributed by atoms with E-state index in [0.29, 0.717) is 10.9 Å². The van der Waals surface area contributed by atoms with Gasteiger partial charge >= 0.3 is 6.18 Å². The third-order valence-electron chi connectivity index (χ3n) is 4.58. The monoisotopic (exact) mass is 437 g/mol. The maximum Gasteiger partial charge on any atom is 0.425 e. The lowest BCUT2D eigenvalue weighted by Crippen LogP contribution is -2.32. The third kappa shape index (κ3) is 4.11. The fraction of sp³-hybridized carbons (Fsp3) is 0.190. The molecule has 30 heavy (non-hydrogen) atoms. The maximum absolute atomic E-state index is 13.2. The molecule has 0 aliphatic rings. The first-order chi connectivity index (χ1) is 13.9. The van der Waals surface area contributed by atoms with E-state index < -0.39 is 28.0 Å². The van der Waals surface area contributed by atoms with Crippen LogP contribution < -0.4 is 4.74 Å². The highest BCUT2D eigenvalue weighted by Gasteiger charge is 2.38. The Labute approximate surface area is 171 Å². The Kier molecular flexibility index (Phi) is 5.51. The minimum atomic E-state index is -4.66. The Morgan fingerprint density at radius 1 is 1.20 bits per heavy atom. The van der Waals surface area contributed by atoms with Crippen LogP contribution in [-0.4, -0.2) is 37.4 Å². The first-order valence-corrected chi connectivity index (χ1v) is 10.7. The molecule has 5 nitrogen and oxygen atoms in total. The lowest BCUT2D eigenvalue weighted by molar-refractivity contribution is -0.189. The molecular weight excluding hydrogens is 419 g/mol. The highest BCUT2D eigenvalue weighted by molar-refractivity contribution is 7.90. The molecule has 0 N–H and O–H groups in total. The zero-order chi connectivity index (χ0) is 22.3. The van der Waals surface area contributed by atoms with Gasteiger partial charge in [-0.1, -0.05) is 24.8 Å². The van der Waals surface area contributed by atoms with Gasteiger partial charge in [0.2, 0.25) is 0 Å². The Hall–Kier alpha value is -3.07. The summed E-state index contributed by atoms with van der Waals surface area (Å²) in [6.07, 6.45) is -2.83. The van der Waals surface area contributed by atoms with Crippen LogP contribution in [0.3, 0.4) is 0 Å². The lowest BCUT2D eigenvalue weighted by atomic mass is 10.1. The van der Waals surface area contributed by atoms with Crippen molar-refractivity contribution >= 4 is 32.7 Å². The van der Waals surface area contributed by atoms with Crippen molar-refractivity contribution < 1.29 is 31.1 Å². The molecule has 0 amide bonds. The van der Waals surface area contributed by atoms with E-state index in [1.807, 2.05) is 0 Å². The van der Waals surface area contributed by atoms with E-state index in [2.05, 4.69) is 6.58 Å². The van der Waals surface area contributed by atoms with Crippen molar-refractivity contribution in [3.8, 4) is 5.75 Å². The first-order valence-electron chi connectivity index (χ1n) is 8.78. The van der Waals surface area contributed by atoms with Crippen LogP contribution in [0.1, 0.15) is 22.8 Å². The quantitative estimate of drug-likeness (QED) is 0.580. The molecule has 0 bridgehead atoms. The number of aromatic nitrogens is 1. The molecular formula is C21H18F3NO4S. The molecule has 1 heterocycles. The van der Waals surface area contributed by atoms with Crippen LogP contribution in [-0.2, 0) is 9.84 Å². The highest BCUT2D eigenvalue weighted by atomic mass is 32.2. The molecule has 0 spiro atoms. The number of hydrogen-bond acceptors (Lipinski definition) is 4. The summed E-state index contributed by atoms with van der Waals surface area (Å²) in [5.74, 6) is -1.08. The number of carbonyl (C=O) groups excluding carboxylic acids is 1. The number of benzene rings is 2. The molecule has 158 valence electrons. The van der Waals surface area contributed by atoms with Crippen LogP contribution in [0.25, 0.3) is 17.0 Å². The minimum absolute atomic E-state index is 0.207. The van der Waals surface area contributed by atoms with E-state index >= 15 is 0 Å². The SMILES string of the molecule is C=Cc1cccc2c1ccn2C(=O)c1cc(S(C)(=O)=O)ccc1O[C@@H](C)C(F)(F)F. The fourth-order valence-electron chi connectivity index (χ4n) is 2.94. The highest BCUT2D eigenvalue weighted by Crippen LogP contribution is 2.31. The molecule has 1 aromatic heterocycles. The number of carbonyl (C=O) groups is 1. The molecule has 1 atom stereocenters. The fourth-order valence-corrected chi connectivity index (χ4v) is 3.59. The predicted molar refractivity (Wildman–Crippen MR) is 107 cm³/mol. The van der Waals surface area contributed by atoms with E-state index in [1.54, 1.807) is 30.3 Å². The molecule has 3 rings (SSSR count).